The molecule has 49 heavy (non-hydrogen) atoms. The molecule has 3 aliphatic carbocycles. The molecule has 246 valence electrons. The van der Waals surface area contributed by atoms with Crippen LogP contribution < -0.4 is 9.80 Å². The zero-order valence-electron chi connectivity index (χ0n) is 27.6. The number of allylic oxidation sites excluding steroid dienone is 7. The minimum Gasteiger partial charge on any atom is -0.507 e. The van der Waals surface area contributed by atoms with Gasteiger partial charge in [-0.25, -0.2) is 0 Å². The molecule has 0 bridgehead atoms. The Bertz CT molecular complexity index is 2050. The molecule has 1 saturated heterocycles. The van der Waals surface area contributed by atoms with Gasteiger partial charge in [0, 0.05) is 48.0 Å². The number of para-hydroxylation sites is 1. The smallest absolute Gasteiger partial charge is 0.238 e. The van der Waals surface area contributed by atoms with Crippen molar-refractivity contribution >= 4 is 46.1 Å². The predicted molar refractivity (Wildman–Crippen MR) is 187 cm³/mol. The Morgan fingerprint density at radius 1 is 0.918 bits per heavy atom. The minimum absolute atomic E-state index is 0.0349. The number of Topliss-reactive ketones (excluding diaryl/α,β-unsaturated/α-hetero) is 1. The molecule has 0 aromatic heterocycles. The van der Waals surface area contributed by atoms with E-state index >= 15 is 0 Å². The Hall–Kier alpha value is -5.70. The highest BCUT2D eigenvalue weighted by Crippen LogP contribution is 2.56. The Balaban J connectivity index is 1.21. The number of azo groups is 1. The van der Waals surface area contributed by atoms with Gasteiger partial charge in [-0.15, -0.1) is 6.58 Å². The van der Waals surface area contributed by atoms with Gasteiger partial charge in [-0.3, -0.25) is 24.1 Å². The number of phenols is 1. The standard InChI is InChI=1S/C40H36N4O5/c1-5-7-23-8-6-9-29(38(23)47)34-28-18-19-30-35(31(28)21-32-36(34)33(45)20-22(2)37(32)46)40(49)44(39(30)48)27-16-12-25(13-17-27)42-41-24-10-14-26(15-11-24)43(3)4/h5-6,8-18,20,30-31,34-35,47H,1,7,19,21H2,2-4H3/t30-,31+,34+,35-/m0/s1. The van der Waals surface area contributed by atoms with Crippen LogP contribution in [0, 0.1) is 17.8 Å². The van der Waals surface area contributed by atoms with Gasteiger partial charge in [0.15, 0.2) is 11.6 Å². The molecule has 0 spiro atoms. The first-order chi connectivity index (χ1) is 23.6. The molecule has 2 amide bonds. The summed E-state index contributed by atoms with van der Waals surface area (Å²) in [7, 11) is 3.93. The number of rotatable bonds is 7. The van der Waals surface area contributed by atoms with Gasteiger partial charge >= 0.3 is 0 Å². The van der Waals surface area contributed by atoms with Gasteiger partial charge in [-0.1, -0.05) is 35.9 Å². The van der Waals surface area contributed by atoms with Crippen molar-refractivity contribution in [1.29, 1.82) is 0 Å². The van der Waals surface area contributed by atoms with Crippen molar-refractivity contribution in [2.75, 3.05) is 23.9 Å². The molecule has 0 unspecified atom stereocenters. The lowest BCUT2D eigenvalue weighted by Gasteiger charge is -2.42. The molecule has 1 fully saturated rings. The van der Waals surface area contributed by atoms with Crippen LogP contribution in [0.3, 0.4) is 0 Å². The SMILES string of the molecule is C=CCc1cccc([C@H]2C3=CC[C@@H]4C(=O)N(c5ccc(N=Nc6ccc(N(C)C)cc6)cc5)C(=O)[C@@H]4[C@@H]3CC3=C2C(=O)C=C(C)C3=O)c1O. The van der Waals surface area contributed by atoms with E-state index in [2.05, 4.69) is 16.8 Å². The van der Waals surface area contributed by atoms with Crippen LogP contribution in [0.4, 0.5) is 22.7 Å². The number of hydrogen-bond donors (Lipinski definition) is 1. The normalized spacial score (nSPS) is 23.3. The number of anilines is 2. The quantitative estimate of drug-likeness (QED) is 0.124. The predicted octanol–water partition coefficient (Wildman–Crippen LogP) is 7.24. The van der Waals surface area contributed by atoms with Crippen molar-refractivity contribution in [1.82, 2.24) is 0 Å². The number of imide groups is 1. The summed E-state index contributed by atoms with van der Waals surface area (Å²) in [6.07, 6.45) is 5.90. The second-order valence-electron chi connectivity index (χ2n) is 13.2. The Kier molecular flexibility index (Phi) is 8.06. The third kappa shape index (κ3) is 5.35. The summed E-state index contributed by atoms with van der Waals surface area (Å²) in [5.74, 6) is -3.67. The maximum Gasteiger partial charge on any atom is 0.238 e. The summed E-state index contributed by atoms with van der Waals surface area (Å²) in [6, 6.07) is 19.9. The van der Waals surface area contributed by atoms with E-state index < -0.39 is 23.7 Å². The Labute approximate surface area is 284 Å². The minimum atomic E-state index is -0.721. The van der Waals surface area contributed by atoms with Crippen LogP contribution in [-0.2, 0) is 25.6 Å². The topological polar surface area (TPSA) is 120 Å². The fourth-order valence-corrected chi connectivity index (χ4v) is 7.76. The van der Waals surface area contributed by atoms with E-state index in [1.807, 2.05) is 55.4 Å². The van der Waals surface area contributed by atoms with Crippen molar-refractivity contribution in [2.45, 2.75) is 32.1 Å². The number of ketones is 2. The third-order valence-corrected chi connectivity index (χ3v) is 10.1. The summed E-state index contributed by atoms with van der Waals surface area (Å²) in [5, 5.41) is 20.1. The summed E-state index contributed by atoms with van der Waals surface area (Å²) in [4.78, 5) is 58.6. The monoisotopic (exact) mass is 652 g/mol. The summed E-state index contributed by atoms with van der Waals surface area (Å²) in [5.41, 5.74) is 5.73. The highest BCUT2D eigenvalue weighted by atomic mass is 16.3. The average molecular weight is 653 g/mol. The summed E-state index contributed by atoms with van der Waals surface area (Å²) < 4.78 is 0. The number of aromatic hydroxyl groups is 1. The molecule has 1 heterocycles. The van der Waals surface area contributed by atoms with E-state index in [1.165, 1.54) is 11.0 Å². The maximum absolute atomic E-state index is 14.3. The van der Waals surface area contributed by atoms with E-state index in [1.54, 1.807) is 49.4 Å². The zero-order chi connectivity index (χ0) is 34.6. The summed E-state index contributed by atoms with van der Waals surface area (Å²) >= 11 is 0. The number of carbonyl (C=O) groups excluding carboxylic acids is 4. The molecule has 3 aromatic rings. The fraction of sp³-hybridized carbons (Fsp3) is 0.250. The number of nitrogens with zero attached hydrogens (tertiary/aromatic N) is 4. The van der Waals surface area contributed by atoms with Crippen LogP contribution in [0.1, 0.15) is 36.8 Å². The lowest BCUT2D eigenvalue weighted by Crippen LogP contribution is -2.39. The van der Waals surface area contributed by atoms with Gasteiger partial charge in [0.2, 0.25) is 11.8 Å². The van der Waals surface area contributed by atoms with Gasteiger partial charge < -0.3 is 10.0 Å². The second kappa shape index (κ2) is 12.4. The van der Waals surface area contributed by atoms with E-state index in [0.717, 1.165) is 11.3 Å². The van der Waals surface area contributed by atoms with Crippen LogP contribution in [0.5, 0.6) is 5.75 Å². The van der Waals surface area contributed by atoms with Crippen LogP contribution >= 0.6 is 0 Å². The number of fused-ring (bicyclic) bond motifs is 3. The zero-order valence-corrected chi connectivity index (χ0v) is 27.6. The molecular formula is C40H36N4O5. The van der Waals surface area contributed by atoms with E-state index in [-0.39, 0.29) is 35.6 Å². The molecule has 0 saturated carbocycles. The van der Waals surface area contributed by atoms with Gasteiger partial charge in [-0.2, -0.15) is 10.2 Å². The fourth-order valence-electron chi connectivity index (χ4n) is 7.76. The number of carbonyl (C=O) groups is 4. The maximum atomic E-state index is 14.3. The first kappa shape index (κ1) is 31.9. The molecule has 0 radical (unpaired) electrons. The highest BCUT2D eigenvalue weighted by Gasteiger charge is 2.56. The number of phenolic OH excluding ortho intramolecular Hbond substituents is 1. The largest absolute Gasteiger partial charge is 0.507 e. The lowest BCUT2D eigenvalue weighted by atomic mass is 9.59. The van der Waals surface area contributed by atoms with Crippen molar-refractivity contribution in [3.63, 3.8) is 0 Å². The molecular weight excluding hydrogens is 616 g/mol. The number of amides is 2. The van der Waals surface area contributed by atoms with Crippen LogP contribution in [-0.4, -0.2) is 42.6 Å². The van der Waals surface area contributed by atoms with Crippen molar-refractivity contribution in [2.24, 2.45) is 28.0 Å². The molecule has 3 aromatic carbocycles. The Morgan fingerprint density at radius 3 is 2.24 bits per heavy atom. The molecule has 1 N–H and O–H groups in total. The number of benzene rings is 3. The molecule has 4 aliphatic rings. The van der Waals surface area contributed by atoms with Crippen LogP contribution in [0.2, 0.25) is 0 Å². The van der Waals surface area contributed by atoms with E-state index in [9.17, 15) is 24.3 Å². The molecule has 4 atom stereocenters. The molecule has 9 heteroatoms. The first-order valence-corrected chi connectivity index (χ1v) is 16.4. The second-order valence-corrected chi connectivity index (χ2v) is 13.2. The molecule has 9 nitrogen and oxygen atoms in total. The van der Waals surface area contributed by atoms with Crippen LogP contribution in [0.25, 0.3) is 0 Å². The van der Waals surface area contributed by atoms with Crippen molar-refractivity contribution in [3.8, 4) is 5.75 Å². The van der Waals surface area contributed by atoms with Gasteiger partial charge in [0.1, 0.15) is 5.75 Å². The van der Waals surface area contributed by atoms with Crippen LogP contribution in [0.15, 0.2) is 124 Å². The number of hydrogen-bond acceptors (Lipinski definition) is 8. The Morgan fingerprint density at radius 2 is 1.59 bits per heavy atom. The average Bonchev–Trinajstić information content (AvgIpc) is 3.36. The van der Waals surface area contributed by atoms with Crippen molar-refractivity contribution in [3.05, 3.63) is 125 Å². The van der Waals surface area contributed by atoms with E-state index in [0.29, 0.717) is 57.8 Å². The molecule has 7 rings (SSSR count). The third-order valence-electron chi connectivity index (χ3n) is 10.1. The van der Waals surface area contributed by atoms with Gasteiger partial charge in [0.05, 0.1) is 28.9 Å². The van der Waals surface area contributed by atoms with Gasteiger partial charge in [0.25, 0.3) is 0 Å². The first-order valence-electron chi connectivity index (χ1n) is 16.4. The van der Waals surface area contributed by atoms with Gasteiger partial charge in [-0.05, 0) is 92.3 Å². The van der Waals surface area contributed by atoms with E-state index in [4.69, 9.17) is 0 Å². The lowest BCUT2D eigenvalue weighted by molar-refractivity contribution is -0.123. The highest BCUT2D eigenvalue weighted by molar-refractivity contribution is 6.25. The van der Waals surface area contributed by atoms with Crippen molar-refractivity contribution < 1.29 is 24.3 Å². The summed E-state index contributed by atoms with van der Waals surface area (Å²) in [6.45, 7) is 5.41. The molecule has 1 aliphatic heterocycles.